The Morgan fingerprint density at radius 1 is 0.947 bits per heavy atom. The fourth-order valence-corrected chi connectivity index (χ4v) is 2.43. The van der Waals surface area contributed by atoms with E-state index in [0.717, 1.165) is 0 Å². The van der Waals surface area contributed by atoms with Gasteiger partial charge < -0.3 is 0 Å². The van der Waals surface area contributed by atoms with E-state index in [1.165, 1.54) is 0 Å². The summed E-state index contributed by atoms with van der Waals surface area (Å²) in [5.41, 5.74) is -2.00. The Bertz CT molecular complexity index is 462. The van der Waals surface area contributed by atoms with Crippen LogP contribution in [0.1, 0.15) is 11.1 Å². The fraction of sp³-hybridized carbons (Fsp3) is 0.400. The first-order valence-electron chi connectivity index (χ1n) is 4.73. The van der Waals surface area contributed by atoms with Gasteiger partial charge in [0.05, 0.1) is 5.56 Å². The van der Waals surface area contributed by atoms with Gasteiger partial charge in [-0.2, -0.15) is 0 Å². The standard InChI is InChI=1S/C10H5Br2Cl3F4/c11-2-3(12)1-4-6(16)8(18)5(10(13,14)15)9(19)7(4)17/h3H,1-2H2. The lowest BCUT2D eigenvalue weighted by atomic mass is 10.0. The molecule has 1 atom stereocenters. The molecule has 0 aliphatic heterocycles. The van der Waals surface area contributed by atoms with Crippen LogP contribution in [0.25, 0.3) is 0 Å². The third-order valence-electron chi connectivity index (χ3n) is 2.23. The van der Waals surface area contributed by atoms with Crippen LogP contribution in [0.2, 0.25) is 0 Å². The van der Waals surface area contributed by atoms with Crippen LogP contribution in [0.3, 0.4) is 0 Å². The summed E-state index contributed by atoms with van der Waals surface area (Å²) in [5.74, 6) is -6.54. The SMILES string of the molecule is Fc1c(F)c(C(Cl)(Cl)Cl)c(F)c(F)c1CC(Br)CBr. The Morgan fingerprint density at radius 2 is 1.37 bits per heavy atom. The van der Waals surface area contributed by atoms with E-state index >= 15 is 0 Å². The second-order valence-electron chi connectivity index (χ2n) is 3.56. The van der Waals surface area contributed by atoms with Crippen LogP contribution in [-0.2, 0) is 10.2 Å². The van der Waals surface area contributed by atoms with Crippen molar-refractivity contribution in [3.63, 3.8) is 0 Å². The minimum Gasteiger partial charge on any atom is -0.203 e. The van der Waals surface area contributed by atoms with E-state index in [-0.39, 0.29) is 6.42 Å². The molecule has 1 aromatic carbocycles. The van der Waals surface area contributed by atoms with Crippen LogP contribution in [0.4, 0.5) is 17.6 Å². The molecule has 1 rings (SSSR count). The molecule has 0 aliphatic rings. The van der Waals surface area contributed by atoms with Gasteiger partial charge in [-0.05, 0) is 6.42 Å². The number of benzene rings is 1. The molecule has 0 amide bonds. The predicted molar refractivity (Wildman–Crippen MR) is 75.7 cm³/mol. The zero-order valence-corrected chi connectivity index (χ0v) is 14.3. The summed E-state index contributed by atoms with van der Waals surface area (Å²) < 4.78 is 52.3. The molecule has 19 heavy (non-hydrogen) atoms. The first kappa shape index (κ1) is 17.8. The Balaban J connectivity index is 3.48. The number of alkyl halides is 5. The van der Waals surface area contributed by atoms with Gasteiger partial charge in [0.15, 0.2) is 23.3 Å². The van der Waals surface area contributed by atoms with Gasteiger partial charge in [-0.15, -0.1) is 0 Å². The highest BCUT2D eigenvalue weighted by molar-refractivity contribution is 9.12. The van der Waals surface area contributed by atoms with E-state index in [2.05, 4.69) is 31.9 Å². The van der Waals surface area contributed by atoms with Crippen molar-refractivity contribution in [2.75, 3.05) is 5.33 Å². The van der Waals surface area contributed by atoms with Crippen LogP contribution in [0, 0.1) is 23.3 Å². The molecule has 9 heteroatoms. The van der Waals surface area contributed by atoms with Gasteiger partial charge in [0.1, 0.15) is 0 Å². The minimum absolute atomic E-state index is 0.267. The zero-order chi connectivity index (χ0) is 15.0. The van der Waals surface area contributed by atoms with Crippen molar-refractivity contribution in [2.45, 2.75) is 15.0 Å². The van der Waals surface area contributed by atoms with E-state index in [1.54, 1.807) is 0 Å². The summed E-state index contributed by atoms with van der Waals surface area (Å²) >= 11 is 22.0. The number of halogens is 9. The van der Waals surface area contributed by atoms with Gasteiger partial charge in [-0.25, -0.2) is 17.6 Å². The van der Waals surface area contributed by atoms with E-state index in [4.69, 9.17) is 34.8 Å². The maximum absolute atomic E-state index is 13.7. The smallest absolute Gasteiger partial charge is 0.203 e. The second-order valence-corrected chi connectivity index (χ2v) is 7.79. The van der Waals surface area contributed by atoms with Crippen molar-refractivity contribution in [3.8, 4) is 0 Å². The van der Waals surface area contributed by atoms with E-state index in [1.807, 2.05) is 0 Å². The van der Waals surface area contributed by atoms with E-state index in [0.29, 0.717) is 5.33 Å². The summed E-state index contributed by atoms with van der Waals surface area (Å²) in [5, 5.41) is 0.335. The number of hydrogen-bond donors (Lipinski definition) is 0. The van der Waals surface area contributed by atoms with Crippen LogP contribution >= 0.6 is 66.7 Å². The topological polar surface area (TPSA) is 0 Å². The second kappa shape index (κ2) is 6.69. The van der Waals surface area contributed by atoms with Crippen LogP contribution in [-0.4, -0.2) is 10.2 Å². The maximum Gasteiger partial charge on any atom is 0.221 e. The maximum atomic E-state index is 13.7. The summed E-state index contributed by atoms with van der Waals surface area (Å²) in [6, 6.07) is 0. The summed E-state index contributed by atoms with van der Waals surface area (Å²) in [6.45, 7) is 0. The molecular formula is C10H5Br2Cl3F4. The fourth-order valence-electron chi connectivity index (χ4n) is 1.38. The van der Waals surface area contributed by atoms with Crippen molar-refractivity contribution < 1.29 is 17.6 Å². The molecule has 0 saturated carbocycles. The van der Waals surface area contributed by atoms with Crippen molar-refractivity contribution in [1.29, 1.82) is 0 Å². The molecule has 0 bridgehead atoms. The van der Waals surface area contributed by atoms with Gasteiger partial charge in [-0.3, -0.25) is 0 Å². The predicted octanol–water partition coefficient (Wildman–Crippen LogP) is 5.77. The highest BCUT2D eigenvalue weighted by Crippen LogP contribution is 2.43. The average molecular weight is 467 g/mol. The van der Waals surface area contributed by atoms with Gasteiger partial charge in [0, 0.05) is 15.7 Å². The lowest BCUT2D eigenvalue weighted by Gasteiger charge is -2.17. The molecule has 0 spiro atoms. The Hall–Kier alpha value is 0.770. The Kier molecular flexibility index (Phi) is 6.27. The summed E-state index contributed by atoms with van der Waals surface area (Å²) in [7, 11) is 0. The highest BCUT2D eigenvalue weighted by atomic mass is 79.9. The van der Waals surface area contributed by atoms with Crippen molar-refractivity contribution in [3.05, 3.63) is 34.4 Å². The lowest BCUT2D eigenvalue weighted by molar-refractivity contribution is 0.427. The van der Waals surface area contributed by atoms with Gasteiger partial charge in [-0.1, -0.05) is 66.7 Å². The first-order chi connectivity index (χ1) is 8.61. The van der Waals surface area contributed by atoms with Gasteiger partial charge in [0.2, 0.25) is 3.79 Å². The first-order valence-corrected chi connectivity index (χ1v) is 7.90. The average Bonchev–Trinajstić information content (AvgIpc) is 2.30. The summed E-state index contributed by atoms with van der Waals surface area (Å²) in [6.07, 6.45) is -0.267. The molecule has 0 N–H and O–H groups in total. The van der Waals surface area contributed by atoms with Crippen molar-refractivity contribution in [2.24, 2.45) is 0 Å². The van der Waals surface area contributed by atoms with Crippen LogP contribution in [0.5, 0.6) is 0 Å². The monoisotopic (exact) mass is 464 g/mol. The molecule has 1 unspecified atom stereocenters. The molecule has 0 aliphatic carbocycles. The molecule has 0 aromatic heterocycles. The third-order valence-corrected chi connectivity index (χ3v) is 5.10. The third kappa shape index (κ3) is 3.90. The molecule has 0 saturated heterocycles. The number of rotatable bonds is 3. The van der Waals surface area contributed by atoms with Crippen LogP contribution in [0.15, 0.2) is 0 Å². The molecule has 108 valence electrons. The normalized spacial score (nSPS) is 13.7. The zero-order valence-electron chi connectivity index (χ0n) is 8.89. The number of hydrogen-bond acceptors (Lipinski definition) is 0. The Labute approximate surface area is 138 Å². The minimum atomic E-state index is -2.60. The molecule has 1 aromatic rings. The van der Waals surface area contributed by atoms with Gasteiger partial charge in [0.25, 0.3) is 0 Å². The van der Waals surface area contributed by atoms with Crippen molar-refractivity contribution in [1.82, 2.24) is 0 Å². The molecular weight excluding hydrogens is 462 g/mol. The molecule has 0 radical (unpaired) electrons. The Morgan fingerprint density at radius 3 is 1.68 bits per heavy atom. The highest BCUT2D eigenvalue weighted by Gasteiger charge is 2.37. The summed E-state index contributed by atoms with van der Waals surface area (Å²) in [4.78, 5) is -0.408. The van der Waals surface area contributed by atoms with E-state index < -0.39 is 43.0 Å². The largest absolute Gasteiger partial charge is 0.221 e. The quantitative estimate of drug-likeness (QED) is 0.301. The van der Waals surface area contributed by atoms with E-state index in [9.17, 15) is 17.6 Å². The molecule has 0 fully saturated rings. The molecule has 0 heterocycles. The van der Waals surface area contributed by atoms with Crippen LogP contribution < -0.4 is 0 Å². The van der Waals surface area contributed by atoms with Gasteiger partial charge >= 0.3 is 0 Å². The molecule has 0 nitrogen and oxygen atoms in total. The van der Waals surface area contributed by atoms with Crippen molar-refractivity contribution >= 4 is 66.7 Å². The lowest BCUT2D eigenvalue weighted by Crippen LogP contribution is -2.17.